The Morgan fingerprint density at radius 1 is 0.914 bits per heavy atom. The summed E-state index contributed by atoms with van der Waals surface area (Å²) >= 11 is 0. The van der Waals surface area contributed by atoms with Crippen molar-refractivity contribution in [1.82, 2.24) is 10.2 Å². The summed E-state index contributed by atoms with van der Waals surface area (Å²) < 4.78 is 68.3. The lowest BCUT2D eigenvalue weighted by molar-refractivity contribution is 0.0950. The molecule has 0 saturated heterocycles. The van der Waals surface area contributed by atoms with Crippen LogP contribution in [-0.4, -0.2) is 23.4 Å². The Kier molecular flexibility index (Phi) is 6.72. The number of urea groups is 1. The van der Waals surface area contributed by atoms with Crippen molar-refractivity contribution >= 4 is 17.6 Å². The molecule has 1 aliphatic rings. The number of amides is 3. The van der Waals surface area contributed by atoms with Gasteiger partial charge in [-0.15, -0.1) is 0 Å². The second kappa shape index (κ2) is 9.73. The number of hydrogen-bond donors (Lipinski definition) is 1. The van der Waals surface area contributed by atoms with E-state index in [4.69, 9.17) is 0 Å². The molecule has 1 N–H and O–H groups in total. The SMILES string of the molecule is CCN1Cc2ccc(C(=O)NCc3c(F)cc(F)cc3F)cc2N(Cc2cc(F)cc(F)c2)C1=O. The highest BCUT2D eigenvalue weighted by Gasteiger charge is 2.30. The van der Waals surface area contributed by atoms with Crippen LogP contribution in [0.3, 0.4) is 0 Å². The molecule has 0 aliphatic carbocycles. The van der Waals surface area contributed by atoms with E-state index >= 15 is 0 Å². The van der Waals surface area contributed by atoms with E-state index in [-0.39, 0.29) is 24.2 Å². The lowest BCUT2D eigenvalue weighted by Gasteiger charge is -2.37. The molecule has 1 heterocycles. The molecule has 4 rings (SSSR count). The Labute approximate surface area is 197 Å². The Hall–Kier alpha value is -3.95. The number of hydrogen-bond acceptors (Lipinski definition) is 2. The molecular weight excluding hydrogens is 469 g/mol. The summed E-state index contributed by atoms with van der Waals surface area (Å²) in [5.74, 6) is -5.60. The Morgan fingerprint density at radius 3 is 2.17 bits per heavy atom. The van der Waals surface area contributed by atoms with Gasteiger partial charge in [-0.05, 0) is 42.3 Å². The van der Waals surface area contributed by atoms with Gasteiger partial charge in [0.05, 0.1) is 12.2 Å². The number of benzene rings is 3. The number of carbonyl (C=O) groups excluding carboxylic acids is 2. The summed E-state index contributed by atoms with van der Waals surface area (Å²) in [5.41, 5.74) is 0.893. The van der Waals surface area contributed by atoms with Crippen LogP contribution in [0.2, 0.25) is 0 Å². The average Bonchev–Trinajstić information content (AvgIpc) is 2.79. The molecule has 3 amide bonds. The van der Waals surface area contributed by atoms with Crippen molar-refractivity contribution < 1.29 is 31.5 Å². The second-order valence-corrected chi connectivity index (χ2v) is 8.03. The first kappa shape index (κ1) is 24.2. The Balaban J connectivity index is 1.61. The fourth-order valence-corrected chi connectivity index (χ4v) is 3.93. The van der Waals surface area contributed by atoms with E-state index < -0.39 is 53.1 Å². The average molecular weight is 489 g/mol. The van der Waals surface area contributed by atoms with E-state index in [1.165, 1.54) is 21.9 Å². The highest BCUT2D eigenvalue weighted by Crippen LogP contribution is 2.31. The van der Waals surface area contributed by atoms with Gasteiger partial charge in [0.15, 0.2) is 0 Å². The number of anilines is 1. The van der Waals surface area contributed by atoms with Crippen LogP contribution < -0.4 is 10.2 Å². The molecule has 10 heteroatoms. The van der Waals surface area contributed by atoms with E-state index in [1.54, 1.807) is 13.0 Å². The maximum Gasteiger partial charge on any atom is 0.325 e. The van der Waals surface area contributed by atoms with Crippen LogP contribution in [0, 0.1) is 29.1 Å². The maximum atomic E-state index is 13.9. The molecule has 0 unspecified atom stereocenters. The third-order valence-electron chi connectivity index (χ3n) is 5.68. The van der Waals surface area contributed by atoms with Gasteiger partial charge in [0.2, 0.25) is 0 Å². The summed E-state index contributed by atoms with van der Waals surface area (Å²) in [6, 6.07) is 8.15. The fraction of sp³-hybridized carbons (Fsp3) is 0.200. The van der Waals surface area contributed by atoms with Crippen LogP contribution >= 0.6 is 0 Å². The first-order valence-electron chi connectivity index (χ1n) is 10.7. The van der Waals surface area contributed by atoms with Gasteiger partial charge >= 0.3 is 6.03 Å². The molecule has 0 saturated carbocycles. The normalized spacial score (nSPS) is 13.1. The van der Waals surface area contributed by atoms with Gasteiger partial charge in [0, 0.05) is 49.0 Å². The summed E-state index contributed by atoms with van der Waals surface area (Å²) in [6.07, 6.45) is 0. The number of rotatable bonds is 6. The van der Waals surface area contributed by atoms with Gasteiger partial charge in [-0.25, -0.2) is 26.7 Å². The molecule has 182 valence electrons. The Morgan fingerprint density at radius 2 is 1.54 bits per heavy atom. The van der Waals surface area contributed by atoms with Crippen LogP contribution in [0.1, 0.15) is 34.0 Å². The van der Waals surface area contributed by atoms with Crippen molar-refractivity contribution in [3.05, 3.63) is 99.9 Å². The van der Waals surface area contributed by atoms with Crippen LogP contribution in [0.15, 0.2) is 48.5 Å². The van der Waals surface area contributed by atoms with Crippen LogP contribution in [0.5, 0.6) is 0 Å². The number of nitrogens with zero attached hydrogens (tertiary/aromatic N) is 2. The standard InChI is InChI=1S/C25H20F5N3O2/c1-2-32-13-16-4-3-15(24(34)31-11-20-21(29)9-19(28)10-22(20)30)7-23(16)33(25(32)35)12-14-5-17(26)8-18(27)6-14/h3-10H,2,11-13H2,1H3,(H,31,34). The van der Waals surface area contributed by atoms with Gasteiger partial charge < -0.3 is 10.2 Å². The van der Waals surface area contributed by atoms with E-state index in [0.717, 1.165) is 18.2 Å². The van der Waals surface area contributed by atoms with Crippen molar-refractivity contribution in [2.75, 3.05) is 11.4 Å². The van der Waals surface area contributed by atoms with E-state index in [2.05, 4.69) is 5.32 Å². The van der Waals surface area contributed by atoms with Crippen molar-refractivity contribution in [3.63, 3.8) is 0 Å². The Bertz CT molecular complexity index is 1270. The van der Waals surface area contributed by atoms with Gasteiger partial charge in [-0.1, -0.05) is 6.07 Å². The van der Waals surface area contributed by atoms with Gasteiger partial charge in [-0.2, -0.15) is 0 Å². The van der Waals surface area contributed by atoms with Gasteiger partial charge in [0.25, 0.3) is 5.91 Å². The van der Waals surface area contributed by atoms with Crippen molar-refractivity contribution in [1.29, 1.82) is 0 Å². The van der Waals surface area contributed by atoms with Crippen LogP contribution in [0.4, 0.5) is 32.4 Å². The molecule has 0 aromatic heterocycles. The zero-order chi connectivity index (χ0) is 25.3. The lowest BCUT2D eigenvalue weighted by Crippen LogP contribution is -2.46. The largest absolute Gasteiger partial charge is 0.348 e. The third-order valence-corrected chi connectivity index (χ3v) is 5.68. The molecular formula is C25H20F5N3O2. The number of nitrogens with one attached hydrogen (secondary N) is 1. The molecule has 35 heavy (non-hydrogen) atoms. The lowest BCUT2D eigenvalue weighted by atomic mass is 10.0. The topological polar surface area (TPSA) is 52.7 Å². The van der Waals surface area contributed by atoms with Crippen molar-refractivity contribution in [2.45, 2.75) is 26.6 Å². The first-order valence-corrected chi connectivity index (χ1v) is 10.7. The minimum Gasteiger partial charge on any atom is -0.348 e. The number of carbonyl (C=O) groups is 2. The third kappa shape index (κ3) is 5.11. The van der Waals surface area contributed by atoms with Gasteiger partial charge in [-0.3, -0.25) is 9.69 Å². The minimum atomic E-state index is -1.13. The summed E-state index contributed by atoms with van der Waals surface area (Å²) in [4.78, 5) is 28.6. The molecule has 3 aromatic carbocycles. The highest BCUT2D eigenvalue weighted by atomic mass is 19.2. The monoisotopic (exact) mass is 489 g/mol. The van der Waals surface area contributed by atoms with Crippen LogP contribution in [0.25, 0.3) is 0 Å². The molecule has 3 aromatic rings. The molecule has 0 bridgehead atoms. The van der Waals surface area contributed by atoms with E-state index in [1.807, 2.05) is 0 Å². The van der Waals surface area contributed by atoms with Crippen molar-refractivity contribution in [2.24, 2.45) is 0 Å². The predicted molar refractivity (Wildman–Crippen MR) is 118 cm³/mol. The maximum absolute atomic E-state index is 13.9. The summed E-state index contributed by atoms with van der Waals surface area (Å²) in [5, 5.41) is 2.38. The van der Waals surface area contributed by atoms with Gasteiger partial charge in [0.1, 0.15) is 29.1 Å². The molecule has 5 nitrogen and oxygen atoms in total. The summed E-state index contributed by atoms with van der Waals surface area (Å²) in [7, 11) is 0. The van der Waals surface area contributed by atoms with Crippen LogP contribution in [-0.2, 0) is 19.6 Å². The molecule has 0 radical (unpaired) electrons. The minimum absolute atomic E-state index is 0.0971. The highest BCUT2D eigenvalue weighted by molar-refractivity contribution is 5.99. The molecule has 0 fully saturated rings. The molecule has 0 atom stereocenters. The quantitative estimate of drug-likeness (QED) is 0.480. The molecule has 0 spiro atoms. The summed E-state index contributed by atoms with van der Waals surface area (Å²) in [6.45, 7) is 1.78. The smallest absolute Gasteiger partial charge is 0.325 e. The van der Waals surface area contributed by atoms with Crippen molar-refractivity contribution in [3.8, 4) is 0 Å². The van der Waals surface area contributed by atoms with E-state index in [0.29, 0.717) is 29.9 Å². The number of fused-ring (bicyclic) bond motifs is 1. The fourth-order valence-electron chi connectivity index (χ4n) is 3.93. The predicted octanol–water partition coefficient (Wildman–Crippen LogP) is 5.27. The second-order valence-electron chi connectivity index (χ2n) is 8.03. The number of halogens is 5. The zero-order valence-corrected chi connectivity index (χ0v) is 18.5. The zero-order valence-electron chi connectivity index (χ0n) is 18.5. The first-order chi connectivity index (χ1) is 16.7. The van der Waals surface area contributed by atoms with E-state index in [9.17, 15) is 31.5 Å². The molecule has 1 aliphatic heterocycles.